The SMILES string of the molecule is CCCCOc1ccc([C@@H]2NC(=S)NC(C)=C2C(=O)Nc2ccccc2)cc1OC. The lowest BCUT2D eigenvalue weighted by molar-refractivity contribution is -0.113. The Morgan fingerprint density at radius 1 is 1.17 bits per heavy atom. The molecule has 0 aromatic heterocycles. The van der Waals surface area contributed by atoms with E-state index in [0.29, 0.717) is 34.5 Å². The normalized spacial score (nSPS) is 15.8. The van der Waals surface area contributed by atoms with Crippen LogP contribution in [0.25, 0.3) is 0 Å². The topological polar surface area (TPSA) is 71.6 Å². The summed E-state index contributed by atoms with van der Waals surface area (Å²) in [6.07, 6.45) is 2.03. The van der Waals surface area contributed by atoms with Gasteiger partial charge in [0.1, 0.15) is 0 Å². The van der Waals surface area contributed by atoms with E-state index in [9.17, 15) is 4.79 Å². The minimum Gasteiger partial charge on any atom is -0.493 e. The van der Waals surface area contributed by atoms with Crippen LogP contribution >= 0.6 is 12.2 Å². The summed E-state index contributed by atoms with van der Waals surface area (Å²) in [4.78, 5) is 13.1. The number of hydrogen-bond donors (Lipinski definition) is 3. The highest BCUT2D eigenvalue weighted by molar-refractivity contribution is 7.80. The van der Waals surface area contributed by atoms with Gasteiger partial charge in [-0.3, -0.25) is 4.79 Å². The lowest BCUT2D eigenvalue weighted by atomic mass is 9.94. The number of benzene rings is 2. The fraction of sp³-hybridized carbons (Fsp3) is 0.304. The van der Waals surface area contributed by atoms with Crippen molar-refractivity contribution >= 4 is 28.9 Å². The first kappa shape index (κ1) is 21.6. The summed E-state index contributed by atoms with van der Waals surface area (Å²) >= 11 is 5.34. The number of allylic oxidation sites excluding steroid dienone is 1. The lowest BCUT2D eigenvalue weighted by Gasteiger charge is -2.30. The Kier molecular flexibility index (Phi) is 7.30. The number of thiocarbonyl (C=S) groups is 1. The van der Waals surface area contributed by atoms with E-state index in [2.05, 4.69) is 22.9 Å². The lowest BCUT2D eigenvalue weighted by Crippen LogP contribution is -2.45. The molecule has 6 nitrogen and oxygen atoms in total. The van der Waals surface area contributed by atoms with Gasteiger partial charge in [-0.25, -0.2) is 0 Å². The van der Waals surface area contributed by atoms with Crippen LogP contribution in [0, 0.1) is 0 Å². The number of ether oxygens (including phenoxy) is 2. The third kappa shape index (κ3) is 5.10. The molecule has 0 bridgehead atoms. The average Bonchev–Trinajstić information content (AvgIpc) is 2.74. The highest BCUT2D eigenvalue weighted by Crippen LogP contribution is 2.34. The molecule has 0 saturated heterocycles. The molecule has 30 heavy (non-hydrogen) atoms. The van der Waals surface area contributed by atoms with E-state index >= 15 is 0 Å². The quantitative estimate of drug-likeness (QED) is 0.433. The maximum Gasteiger partial charge on any atom is 0.255 e. The number of para-hydroxylation sites is 1. The number of rotatable bonds is 8. The third-order valence-electron chi connectivity index (χ3n) is 4.82. The molecule has 0 radical (unpaired) electrons. The van der Waals surface area contributed by atoms with Gasteiger partial charge < -0.3 is 25.4 Å². The molecule has 7 heteroatoms. The number of methoxy groups -OCH3 is 1. The number of carbonyl (C=O) groups is 1. The van der Waals surface area contributed by atoms with Gasteiger partial charge in [-0.2, -0.15) is 0 Å². The van der Waals surface area contributed by atoms with E-state index in [0.717, 1.165) is 24.1 Å². The van der Waals surface area contributed by atoms with E-state index in [4.69, 9.17) is 21.7 Å². The molecular weight excluding hydrogens is 398 g/mol. The molecule has 0 aliphatic carbocycles. The van der Waals surface area contributed by atoms with Crippen LogP contribution in [0.2, 0.25) is 0 Å². The van der Waals surface area contributed by atoms with Crippen molar-refractivity contribution in [2.75, 3.05) is 19.0 Å². The van der Waals surface area contributed by atoms with E-state index in [1.54, 1.807) is 7.11 Å². The molecular formula is C23H27N3O3S. The van der Waals surface area contributed by atoms with E-state index < -0.39 is 6.04 Å². The molecule has 1 atom stereocenters. The zero-order valence-electron chi connectivity index (χ0n) is 17.5. The summed E-state index contributed by atoms with van der Waals surface area (Å²) in [5.74, 6) is 1.10. The van der Waals surface area contributed by atoms with Crippen LogP contribution < -0.4 is 25.4 Å². The van der Waals surface area contributed by atoms with Crippen molar-refractivity contribution in [1.82, 2.24) is 10.6 Å². The molecule has 0 saturated carbocycles. The Balaban J connectivity index is 1.90. The number of carbonyl (C=O) groups excluding carboxylic acids is 1. The van der Waals surface area contributed by atoms with Crippen LogP contribution in [0.5, 0.6) is 11.5 Å². The van der Waals surface area contributed by atoms with Gasteiger partial charge in [-0.15, -0.1) is 0 Å². The zero-order chi connectivity index (χ0) is 21.5. The Labute approximate surface area is 182 Å². The van der Waals surface area contributed by atoms with E-state index in [-0.39, 0.29) is 5.91 Å². The molecule has 2 aromatic rings. The molecule has 3 N–H and O–H groups in total. The van der Waals surface area contributed by atoms with Gasteiger partial charge in [0.05, 0.1) is 25.3 Å². The third-order valence-corrected chi connectivity index (χ3v) is 5.04. The van der Waals surface area contributed by atoms with Crippen molar-refractivity contribution in [3.63, 3.8) is 0 Å². The predicted molar refractivity (Wildman–Crippen MR) is 123 cm³/mol. The van der Waals surface area contributed by atoms with Gasteiger partial charge in [0.2, 0.25) is 0 Å². The molecule has 1 heterocycles. The smallest absolute Gasteiger partial charge is 0.255 e. The van der Waals surface area contributed by atoms with E-state index in [1.165, 1.54) is 0 Å². The predicted octanol–water partition coefficient (Wildman–Crippen LogP) is 4.31. The maximum atomic E-state index is 13.1. The average molecular weight is 426 g/mol. The highest BCUT2D eigenvalue weighted by atomic mass is 32.1. The number of anilines is 1. The number of nitrogens with one attached hydrogen (secondary N) is 3. The number of unbranched alkanes of at least 4 members (excludes halogenated alkanes) is 1. The second-order valence-corrected chi connectivity index (χ2v) is 7.41. The Hall–Kier alpha value is -3.06. The van der Waals surface area contributed by atoms with Crippen molar-refractivity contribution < 1.29 is 14.3 Å². The fourth-order valence-corrected chi connectivity index (χ4v) is 3.55. The summed E-state index contributed by atoms with van der Waals surface area (Å²) in [6.45, 7) is 4.59. The van der Waals surface area contributed by atoms with Gasteiger partial charge in [0, 0.05) is 11.4 Å². The maximum absolute atomic E-state index is 13.1. The minimum atomic E-state index is -0.416. The minimum absolute atomic E-state index is 0.201. The molecule has 3 rings (SSSR count). The van der Waals surface area contributed by atoms with Gasteiger partial charge in [0.25, 0.3) is 5.91 Å². The molecule has 1 aliphatic heterocycles. The summed E-state index contributed by atoms with van der Waals surface area (Å²) in [5.41, 5.74) is 2.86. The monoisotopic (exact) mass is 425 g/mol. The first-order valence-electron chi connectivity index (χ1n) is 9.99. The molecule has 2 aromatic carbocycles. The largest absolute Gasteiger partial charge is 0.493 e. The van der Waals surface area contributed by atoms with Crippen LogP contribution in [0.1, 0.15) is 38.3 Å². The first-order chi connectivity index (χ1) is 14.5. The van der Waals surface area contributed by atoms with Gasteiger partial charge >= 0.3 is 0 Å². The highest BCUT2D eigenvalue weighted by Gasteiger charge is 2.30. The molecule has 0 unspecified atom stereocenters. The van der Waals surface area contributed by atoms with Crippen LogP contribution in [-0.4, -0.2) is 24.7 Å². The molecule has 1 amide bonds. The van der Waals surface area contributed by atoms with Crippen molar-refractivity contribution in [2.24, 2.45) is 0 Å². The summed E-state index contributed by atoms with van der Waals surface area (Å²) < 4.78 is 11.4. The van der Waals surface area contributed by atoms with Crippen molar-refractivity contribution in [1.29, 1.82) is 0 Å². The second-order valence-electron chi connectivity index (χ2n) is 7.00. The van der Waals surface area contributed by atoms with Crippen molar-refractivity contribution in [3.05, 3.63) is 65.4 Å². The van der Waals surface area contributed by atoms with Crippen molar-refractivity contribution in [3.8, 4) is 11.5 Å². The first-order valence-corrected chi connectivity index (χ1v) is 10.4. The van der Waals surface area contributed by atoms with Crippen LogP contribution in [0.4, 0.5) is 5.69 Å². The summed E-state index contributed by atoms with van der Waals surface area (Å²) in [5, 5.41) is 9.68. The number of amides is 1. The zero-order valence-corrected chi connectivity index (χ0v) is 18.3. The molecule has 158 valence electrons. The second kappa shape index (κ2) is 10.1. The molecule has 0 fully saturated rings. The molecule has 1 aliphatic rings. The summed E-state index contributed by atoms with van der Waals surface area (Å²) in [6, 6.07) is 14.6. The number of hydrogen-bond acceptors (Lipinski definition) is 4. The molecule has 0 spiro atoms. The standard InChI is InChI=1S/C23H27N3O3S/c1-4-5-13-29-18-12-11-16(14-19(18)28-3)21-20(15(2)24-23(30)26-21)22(27)25-17-9-7-6-8-10-17/h6-12,14,21H,4-5,13H2,1-3H3,(H,25,27)(H2,24,26,30)/t21-/m0/s1. The van der Waals surface area contributed by atoms with Gasteiger partial charge in [-0.05, 0) is 55.4 Å². The van der Waals surface area contributed by atoms with Crippen LogP contribution in [-0.2, 0) is 4.79 Å². The van der Waals surface area contributed by atoms with Crippen LogP contribution in [0.3, 0.4) is 0 Å². The van der Waals surface area contributed by atoms with Gasteiger partial charge in [0.15, 0.2) is 16.6 Å². The van der Waals surface area contributed by atoms with E-state index in [1.807, 2.05) is 55.5 Å². The Morgan fingerprint density at radius 2 is 1.93 bits per heavy atom. The van der Waals surface area contributed by atoms with Crippen LogP contribution in [0.15, 0.2) is 59.8 Å². The Morgan fingerprint density at radius 3 is 2.63 bits per heavy atom. The Bertz CT molecular complexity index is 944. The fourth-order valence-electron chi connectivity index (χ4n) is 3.27. The summed E-state index contributed by atoms with van der Waals surface area (Å²) in [7, 11) is 1.61. The van der Waals surface area contributed by atoms with Gasteiger partial charge in [-0.1, -0.05) is 37.6 Å². The van der Waals surface area contributed by atoms with Crippen molar-refractivity contribution in [2.45, 2.75) is 32.7 Å².